The minimum absolute atomic E-state index is 0.0171. The van der Waals surface area contributed by atoms with Crippen molar-refractivity contribution >= 4 is 17.5 Å². The molecule has 7 nitrogen and oxygen atoms in total. The number of halogens is 1. The molecule has 0 saturated carbocycles. The number of anilines is 1. The van der Waals surface area contributed by atoms with Crippen LogP contribution >= 0.6 is 11.6 Å². The van der Waals surface area contributed by atoms with Gasteiger partial charge in [-0.25, -0.2) is 0 Å². The zero-order chi connectivity index (χ0) is 13.1. The lowest BCUT2D eigenvalue weighted by molar-refractivity contribution is -0.00461. The summed E-state index contributed by atoms with van der Waals surface area (Å²) in [5.41, 5.74) is 0. The standard InChI is InChI=1S/C10H15ClN4O3/c1-16-6-4-15(5-7(6)17-2)9-12-8(11)13-10(14-9)18-3/h6-7H,4-5H2,1-3H3. The van der Waals surface area contributed by atoms with Crippen LogP contribution in [0.2, 0.25) is 5.28 Å². The van der Waals surface area contributed by atoms with Crippen molar-refractivity contribution in [3.63, 3.8) is 0 Å². The monoisotopic (exact) mass is 274 g/mol. The maximum Gasteiger partial charge on any atom is 0.322 e. The van der Waals surface area contributed by atoms with E-state index in [2.05, 4.69) is 15.0 Å². The summed E-state index contributed by atoms with van der Waals surface area (Å²) in [7, 11) is 4.79. The predicted octanol–water partition coefficient (Wildman–Crippen LogP) is 0.384. The molecule has 1 aliphatic rings. The van der Waals surface area contributed by atoms with Gasteiger partial charge in [0.15, 0.2) is 0 Å². The molecule has 18 heavy (non-hydrogen) atoms. The zero-order valence-electron chi connectivity index (χ0n) is 10.5. The van der Waals surface area contributed by atoms with Gasteiger partial charge in [0.05, 0.1) is 7.11 Å². The molecule has 0 aromatic carbocycles. The molecule has 2 heterocycles. The highest BCUT2D eigenvalue weighted by atomic mass is 35.5. The molecule has 1 aromatic rings. The van der Waals surface area contributed by atoms with Crippen LogP contribution in [0, 0.1) is 0 Å². The minimum atomic E-state index is -0.0171. The van der Waals surface area contributed by atoms with E-state index in [9.17, 15) is 0 Å². The van der Waals surface area contributed by atoms with E-state index in [0.29, 0.717) is 19.0 Å². The highest BCUT2D eigenvalue weighted by molar-refractivity contribution is 6.28. The average Bonchev–Trinajstić information content (AvgIpc) is 2.81. The predicted molar refractivity (Wildman–Crippen MR) is 65.2 cm³/mol. The summed E-state index contributed by atoms with van der Waals surface area (Å²) in [5.74, 6) is 0.466. The van der Waals surface area contributed by atoms with Gasteiger partial charge in [0.25, 0.3) is 0 Å². The minimum Gasteiger partial charge on any atom is -0.467 e. The van der Waals surface area contributed by atoms with Crippen molar-refractivity contribution in [2.75, 3.05) is 39.3 Å². The van der Waals surface area contributed by atoms with E-state index in [1.54, 1.807) is 14.2 Å². The second-order valence-corrected chi connectivity index (χ2v) is 4.18. The smallest absolute Gasteiger partial charge is 0.322 e. The summed E-state index contributed by atoms with van der Waals surface area (Å²) in [5, 5.41) is 0.103. The Balaban J connectivity index is 2.20. The summed E-state index contributed by atoms with van der Waals surface area (Å²) >= 11 is 5.82. The molecule has 1 aliphatic heterocycles. The van der Waals surface area contributed by atoms with Gasteiger partial charge < -0.3 is 19.1 Å². The normalized spacial score (nSPS) is 23.4. The lowest BCUT2D eigenvalue weighted by atomic mass is 10.3. The molecular weight excluding hydrogens is 260 g/mol. The SMILES string of the molecule is COc1nc(Cl)nc(N2CC(OC)C(OC)C2)n1. The maximum atomic E-state index is 5.82. The number of nitrogens with zero attached hydrogens (tertiary/aromatic N) is 4. The number of methoxy groups -OCH3 is 3. The van der Waals surface area contributed by atoms with Gasteiger partial charge in [-0.15, -0.1) is 0 Å². The van der Waals surface area contributed by atoms with E-state index in [0.717, 1.165) is 0 Å². The molecule has 2 unspecified atom stereocenters. The summed E-state index contributed by atoms with van der Waals surface area (Å²) < 4.78 is 15.7. The summed E-state index contributed by atoms with van der Waals surface area (Å²) in [6, 6.07) is 0.194. The Bertz CT molecular complexity index is 408. The van der Waals surface area contributed by atoms with Crippen molar-refractivity contribution in [3.8, 4) is 6.01 Å². The fourth-order valence-electron chi connectivity index (χ4n) is 1.91. The molecule has 0 radical (unpaired) electrons. The molecule has 0 bridgehead atoms. The summed E-state index contributed by atoms with van der Waals surface area (Å²) in [4.78, 5) is 14.0. The fraction of sp³-hybridized carbons (Fsp3) is 0.700. The topological polar surface area (TPSA) is 69.6 Å². The molecule has 2 atom stereocenters. The van der Waals surface area contributed by atoms with Gasteiger partial charge >= 0.3 is 6.01 Å². The Morgan fingerprint density at radius 1 is 1.06 bits per heavy atom. The highest BCUT2D eigenvalue weighted by Gasteiger charge is 2.34. The molecule has 0 N–H and O–H groups in total. The second kappa shape index (κ2) is 5.64. The number of hydrogen-bond donors (Lipinski definition) is 0. The fourth-order valence-corrected chi connectivity index (χ4v) is 2.06. The molecule has 0 amide bonds. The van der Waals surface area contributed by atoms with Crippen LogP contribution in [-0.4, -0.2) is 61.6 Å². The maximum absolute atomic E-state index is 5.82. The molecule has 1 saturated heterocycles. The molecule has 100 valence electrons. The molecule has 0 aliphatic carbocycles. The first-order valence-electron chi connectivity index (χ1n) is 5.44. The van der Waals surface area contributed by atoms with Crippen molar-refractivity contribution in [3.05, 3.63) is 5.28 Å². The van der Waals surface area contributed by atoms with E-state index in [1.807, 2.05) is 4.90 Å². The van der Waals surface area contributed by atoms with Gasteiger partial charge in [-0.2, -0.15) is 15.0 Å². The van der Waals surface area contributed by atoms with Gasteiger partial charge in [0.2, 0.25) is 11.2 Å². The Morgan fingerprint density at radius 3 is 2.17 bits per heavy atom. The number of hydrogen-bond acceptors (Lipinski definition) is 7. The van der Waals surface area contributed by atoms with E-state index in [-0.39, 0.29) is 23.5 Å². The summed E-state index contributed by atoms with van der Waals surface area (Å²) in [6.07, 6.45) is -0.0342. The van der Waals surface area contributed by atoms with Gasteiger partial charge in [0.1, 0.15) is 12.2 Å². The van der Waals surface area contributed by atoms with Crippen LogP contribution < -0.4 is 9.64 Å². The highest BCUT2D eigenvalue weighted by Crippen LogP contribution is 2.22. The van der Waals surface area contributed by atoms with Gasteiger partial charge in [-0.1, -0.05) is 0 Å². The van der Waals surface area contributed by atoms with Crippen LogP contribution in [0.3, 0.4) is 0 Å². The van der Waals surface area contributed by atoms with Crippen LogP contribution in [0.25, 0.3) is 0 Å². The van der Waals surface area contributed by atoms with E-state index in [4.69, 9.17) is 25.8 Å². The third kappa shape index (κ3) is 2.63. The Hall–Kier alpha value is -1.18. The Morgan fingerprint density at radius 2 is 1.67 bits per heavy atom. The van der Waals surface area contributed by atoms with E-state index in [1.165, 1.54) is 7.11 Å². The Labute approximate surface area is 110 Å². The third-order valence-electron chi connectivity index (χ3n) is 2.86. The lowest BCUT2D eigenvalue weighted by Gasteiger charge is -2.15. The van der Waals surface area contributed by atoms with Crippen molar-refractivity contribution in [2.24, 2.45) is 0 Å². The quantitative estimate of drug-likeness (QED) is 0.786. The van der Waals surface area contributed by atoms with Crippen LogP contribution in [0.4, 0.5) is 5.95 Å². The van der Waals surface area contributed by atoms with Crippen molar-refractivity contribution < 1.29 is 14.2 Å². The van der Waals surface area contributed by atoms with Gasteiger partial charge in [-0.05, 0) is 11.6 Å². The van der Waals surface area contributed by atoms with Crippen LogP contribution in [-0.2, 0) is 9.47 Å². The second-order valence-electron chi connectivity index (χ2n) is 3.84. The molecular formula is C10H15ClN4O3. The number of aromatic nitrogens is 3. The first kappa shape index (κ1) is 13.3. The van der Waals surface area contributed by atoms with Crippen molar-refractivity contribution in [1.29, 1.82) is 0 Å². The molecule has 2 rings (SSSR count). The van der Waals surface area contributed by atoms with Crippen molar-refractivity contribution in [1.82, 2.24) is 15.0 Å². The first-order valence-corrected chi connectivity index (χ1v) is 5.81. The third-order valence-corrected chi connectivity index (χ3v) is 3.03. The number of ether oxygens (including phenoxy) is 3. The van der Waals surface area contributed by atoms with Gasteiger partial charge in [0, 0.05) is 27.3 Å². The van der Waals surface area contributed by atoms with E-state index >= 15 is 0 Å². The summed E-state index contributed by atoms with van der Waals surface area (Å²) in [6.45, 7) is 1.27. The molecule has 8 heteroatoms. The first-order chi connectivity index (χ1) is 8.67. The molecule has 1 aromatic heterocycles. The largest absolute Gasteiger partial charge is 0.467 e. The van der Waals surface area contributed by atoms with Crippen LogP contribution in [0.5, 0.6) is 6.01 Å². The Kier molecular flexibility index (Phi) is 4.15. The van der Waals surface area contributed by atoms with E-state index < -0.39 is 0 Å². The van der Waals surface area contributed by atoms with Crippen molar-refractivity contribution in [2.45, 2.75) is 12.2 Å². The lowest BCUT2D eigenvalue weighted by Crippen LogP contribution is -2.27. The zero-order valence-corrected chi connectivity index (χ0v) is 11.2. The average molecular weight is 275 g/mol. The molecule has 1 fully saturated rings. The molecule has 0 spiro atoms. The van der Waals surface area contributed by atoms with Gasteiger partial charge in [-0.3, -0.25) is 0 Å². The van der Waals surface area contributed by atoms with Crippen LogP contribution in [0.15, 0.2) is 0 Å². The van der Waals surface area contributed by atoms with Crippen LogP contribution in [0.1, 0.15) is 0 Å². The number of rotatable bonds is 4.